The monoisotopic (exact) mass is 278 g/mol. The summed E-state index contributed by atoms with van der Waals surface area (Å²) in [5, 5.41) is 10.3. The minimum absolute atomic E-state index is 0.0727. The Labute approximate surface area is 115 Å². The van der Waals surface area contributed by atoms with Gasteiger partial charge in [0, 0.05) is 16.9 Å². The van der Waals surface area contributed by atoms with Crippen LogP contribution < -0.4 is 0 Å². The van der Waals surface area contributed by atoms with Crippen LogP contribution in [0.2, 0.25) is 0 Å². The highest BCUT2D eigenvalue weighted by Crippen LogP contribution is 2.28. The van der Waals surface area contributed by atoms with Crippen molar-refractivity contribution in [2.75, 3.05) is 6.61 Å². The van der Waals surface area contributed by atoms with E-state index in [0.717, 1.165) is 21.1 Å². The topological polar surface area (TPSA) is 65.3 Å². The molecule has 5 nitrogen and oxygen atoms in total. The third-order valence-corrected chi connectivity index (χ3v) is 3.95. The van der Waals surface area contributed by atoms with E-state index in [1.807, 2.05) is 32.0 Å². The molecule has 0 radical (unpaired) electrons. The second-order valence-corrected chi connectivity index (χ2v) is 5.29. The number of nitrogens with zero attached hydrogens (tertiary/aromatic N) is 2. The summed E-state index contributed by atoms with van der Waals surface area (Å²) < 4.78 is 0. The first kappa shape index (κ1) is 13.5. The van der Waals surface area contributed by atoms with Crippen LogP contribution in [-0.4, -0.2) is 16.7 Å². The summed E-state index contributed by atoms with van der Waals surface area (Å²) >= 11 is 1.56. The van der Waals surface area contributed by atoms with Gasteiger partial charge in [-0.3, -0.25) is 0 Å². The van der Waals surface area contributed by atoms with Crippen LogP contribution in [0.3, 0.4) is 0 Å². The van der Waals surface area contributed by atoms with Gasteiger partial charge in [0.2, 0.25) is 0 Å². The van der Waals surface area contributed by atoms with Crippen LogP contribution in [0.25, 0.3) is 10.6 Å². The molecule has 1 aromatic heterocycles. The van der Waals surface area contributed by atoms with Gasteiger partial charge in [-0.25, -0.2) is 4.98 Å². The van der Waals surface area contributed by atoms with E-state index in [4.69, 9.17) is 0 Å². The minimum Gasteiger partial charge on any atom is -0.314 e. The van der Waals surface area contributed by atoms with E-state index >= 15 is 0 Å². The maximum atomic E-state index is 10.1. The van der Waals surface area contributed by atoms with Gasteiger partial charge in [-0.1, -0.05) is 23.8 Å². The van der Waals surface area contributed by atoms with Crippen molar-refractivity contribution in [3.63, 3.8) is 0 Å². The number of benzene rings is 1. The lowest BCUT2D eigenvalue weighted by atomic mass is 10.1. The molecule has 0 saturated heterocycles. The Morgan fingerprint density at radius 1 is 1.42 bits per heavy atom. The van der Waals surface area contributed by atoms with Crippen LogP contribution in [0.4, 0.5) is 0 Å². The smallest absolute Gasteiger partial charge is 0.294 e. The molecule has 0 aliphatic carbocycles. The molecule has 1 aromatic carbocycles. The van der Waals surface area contributed by atoms with Crippen LogP contribution in [0.5, 0.6) is 0 Å². The highest BCUT2D eigenvalue weighted by molar-refractivity contribution is 7.15. The van der Waals surface area contributed by atoms with Crippen molar-refractivity contribution in [3.8, 4) is 10.6 Å². The zero-order valence-corrected chi connectivity index (χ0v) is 11.6. The molecule has 0 aliphatic heterocycles. The van der Waals surface area contributed by atoms with E-state index in [2.05, 4.69) is 15.9 Å². The molecular formula is C13H14N2O3S. The van der Waals surface area contributed by atoms with Gasteiger partial charge in [0.05, 0.1) is 5.69 Å². The first-order chi connectivity index (χ1) is 9.06. The van der Waals surface area contributed by atoms with Crippen molar-refractivity contribution in [2.24, 2.45) is 0 Å². The van der Waals surface area contributed by atoms with Gasteiger partial charge < -0.3 is 4.84 Å². The lowest BCUT2D eigenvalue weighted by Gasteiger charge is -1.97. The highest BCUT2D eigenvalue weighted by Gasteiger charge is 2.10. The van der Waals surface area contributed by atoms with E-state index in [1.165, 1.54) is 5.56 Å². The summed E-state index contributed by atoms with van der Waals surface area (Å²) in [5.41, 5.74) is 3.17. The zero-order chi connectivity index (χ0) is 13.8. The van der Waals surface area contributed by atoms with Gasteiger partial charge in [-0.15, -0.1) is 21.5 Å². The molecule has 0 spiro atoms. The van der Waals surface area contributed by atoms with Gasteiger partial charge in [0.15, 0.2) is 0 Å². The molecule has 19 heavy (non-hydrogen) atoms. The average Bonchev–Trinajstić information content (AvgIpc) is 2.71. The minimum atomic E-state index is -0.766. The summed E-state index contributed by atoms with van der Waals surface area (Å²) in [6, 6.07) is 8.13. The van der Waals surface area contributed by atoms with Gasteiger partial charge in [0.25, 0.3) is 5.09 Å². The molecule has 0 saturated carbocycles. The van der Waals surface area contributed by atoms with Crippen LogP contribution >= 0.6 is 11.3 Å². The maximum Gasteiger partial charge on any atom is 0.294 e. The third-order valence-electron chi connectivity index (χ3n) is 2.68. The standard InChI is InChI=1S/C13H14N2O3S/c1-9-4-3-5-11(8-9)13-14-10(2)12(19-13)6-7-18-15(16)17/h3-5,8H,6-7H2,1-2H3. The third kappa shape index (κ3) is 3.51. The van der Waals surface area contributed by atoms with Crippen LogP contribution in [0.15, 0.2) is 24.3 Å². The molecule has 2 rings (SSSR count). The number of rotatable bonds is 5. The van der Waals surface area contributed by atoms with Gasteiger partial charge >= 0.3 is 0 Å². The van der Waals surface area contributed by atoms with Crippen LogP contribution in [0, 0.1) is 24.0 Å². The van der Waals surface area contributed by atoms with Crippen molar-refractivity contribution in [1.82, 2.24) is 4.98 Å². The quantitative estimate of drug-likeness (QED) is 0.622. The molecule has 6 heteroatoms. The predicted octanol–water partition coefficient (Wildman–Crippen LogP) is 3.18. The number of hydrogen-bond acceptors (Lipinski definition) is 5. The summed E-state index contributed by atoms with van der Waals surface area (Å²) in [4.78, 5) is 20.0. The SMILES string of the molecule is Cc1cccc(-c2nc(C)c(CCO[N+](=O)[O-])s2)c1. The number of aryl methyl sites for hydroxylation is 2. The predicted molar refractivity (Wildman–Crippen MR) is 73.7 cm³/mol. The Hall–Kier alpha value is -1.95. The van der Waals surface area contributed by atoms with Crippen LogP contribution in [0.1, 0.15) is 16.1 Å². The molecule has 0 atom stereocenters. The number of aromatic nitrogens is 1. The molecule has 0 amide bonds. The maximum absolute atomic E-state index is 10.1. The fourth-order valence-corrected chi connectivity index (χ4v) is 2.81. The van der Waals surface area contributed by atoms with Crippen molar-refractivity contribution < 1.29 is 9.92 Å². The Morgan fingerprint density at radius 3 is 2.89 bits per heavy atom. The summed E-state index contributed by atoms with van der Waals surface area (Å²) in [6.07, 6.45) is 0.510. The highest BCUT2D eigenvalue weighted by atomic mass is 32.1. The first-order valence-electron chi connectivity index (χ1n) is 5.87. The molecule has 1 heterocycles. The number of thiazole rings is 1. The molecular weight excluding hydrogens is 264 g/mol. The number of hydrogen-bond donors (Lipinski definition) is 0. The molecule has 100 valence electrons. The van der Waals surface area contributed by atoms with Crippen molar-refractivity contribution in [1.29, 1.82) is 0 Å². The Morgan fingerprint density at radius 2 is 2.21 bits per heavy atom. The summed E-state index contributed by atoms with van der Waals surface area (Å²) in [7, 11) is 0. The van der Waals surface area contributed by atoms with E-state index in [9.17, 15) is 10.1 Å². The second kappa shape index (κ2) is 5.79. The fraction of sp³-hybridized carbons (Fsp3) is 0.308. The normalized spacial score (nSPS) is 10.4. The lowest BCUT2D eigenvalue weighted by Crippen LogP contribution is -2.04. The first-order valence-corrected chi connectivity index (χ1v) is 6.68. The Balaban J connectivity index is 2.14. The molecule has 0 unspecified atom stereocenters. The largest absolute Gasteiger partial charge is 0.314 e. The second-order valence-electron chi connectivity index (χ2n) is 4.20. The zero-order valence-electron chi connectivity index (χ0n) is 10.8. The van der Waals surface area contributed by atoms with Gasteiger partial charge in [-0.05, 0) is 19.9 Å². The van der Waals surface area contributed by atoms with Crippen molar-refractivity contribution in [2.45, 2.75) is 20.3 Å². The molecule has 0 bridgehead atoms. The van der Waals surface area contributed by atoms with Gasteiger partial charge in [-0.2, -0.15) is 0 Å². The summed E-state index contributed by atoms with van der Waals surface area (Å²) in [6.45, 7) is 4.02. The van der Waals surface area contributed by atoms with Crippen LogP contribution in [-0.2, 0) is 11.3 Å². The Kier molecular flexibility index (Phi) is 4.11. The average molecular weight is 278 g/mol. The Bertz CT molecular complexity index is 595. The fourth-order valence-electron chi connectivity index (χ4n) is 1.77. The molecule has 0 aliphatic rings. The lowest BCUT2D eigenvalue weighted by molar-refractivity contribution is -0.757. The van der Waals surface area contributed by atoms with Crippen molar-refractivity contribution >= 4 is 11.3 Å². The van der Waals surface area contributed by atoms with E-state index in [-0.39, 0.29) is 6.61 Å². The van der Waals surface area contributed by atoms with E-state index in [0.29, 0.717) is 6.42 Å². The molecule has 2 aromatic rings. The van der Waals surface area contributed by atoms with Gasteiger partial charge in [0.1, 0.15) is 11.6 Å². The summed E-state index contributed by atoms with van der Waals surface area (Å²) in [5.74, 6) is 0. The van der Waals surface area contributed by atoms with E-state index in [1.54, 1.807) is 11.3 Å². The molecule has 0 fully saturated rings. The van der Waals surface area contributed by atoms with Crippen molar-refractivity contribution in [3.05, 3.63) is 50.5 Å². The van der Waals surface area contributed by atoms with E-state index < -0.39 is 5.09 Å². The molecule has 0 N–H and O–H groups in total.